The van der Waals surface area contributed by atoms with E-state index in [0.717, 1.165) is 15.6 Å². The van der Waals surface area contributed by atoms with Gasteiger partial charge in [0, 0.05) is 24.1 Å². The maximum absolute atomic E-state index is 12.4. The number of ether oxygens (including phenoxy) is 3. The van der Waals surface area contributed by atoms with Crippen molar-refractivity contribution in [3.05, 3.63) is 58.1 Å². The molecule has 0 saturated heterocycles. The fraction of sp³-hybridized carbons (Fsp3) is 0.250. The number of rotatable bonds is 7. The molecular weight excluding hydrogens is 398 g/mol. The normalized spacial score (nSPS) is 10.7. The minimum atomic E-state index is -0.0957. The van der Waals surface area contributed by atoms with E-state index in [9.17, 15) is 4.79 Å². The minimum Gasteiger partial charge on any atom is -0.493 e. The summed E-state index contributed by atoms with van der Waals surface area (Å²) in [5, 5.41) is 0. The van der Waals surface area contributed by atoms with Crippen molar-refractivity contribution in [2.45, 2.75) is 6.54 Å². The van der Waals surface area contributed by atoms with Gasteiger partial charge in [-0.15, -0.1) is 0 Å². The van der Waals surface area contributed by atoms with Crippen LogP contribution in [0.5, 0.6) is 17.2 Å². The Morgan fingerprint density at radius 3 is 2.12 bits per heavy atom. The highest BCUT2D eigenvalue weighted by Gasteiger charge is 2.12. The summed E-state index contributed by atoms with van der Waals surface area (Å²) >= 11 is 3.40. The van der Waals surface area contributed by atoms with Gasteiger partial charge in [-0.1, -0.05) is 28.1 Å². The van der Waals surface area contributed by atoms with E-state index in [1.54, 1.807) is 51.5 Å². The zero-order valence-corrected chi connectivity index (χ0v) is 16.9. The van der Waals surface area contributed by atoms with Crippen LogP contribution in [-0.4, -0.2) is 39.2 Å². The molecule has 2 rings (SSSR count). The molecule has 0 aliphatic heterocycles. The Balaban J connectivity index is 2.12. The van der Waals surface area contributed by atoms with Gasteiger partial charge in [0.15, 0.2) is 11.5 Å². The van der Waals surface area contributed by atoms with Gasteiger partial charge >= 0.3 is 0 Å². The standard InChI is InChI=1S/C20H22BrNO4/c1-22(13-14-5-8-16(21)9-6-14)19(23)10-7-15-11-17(24-2)20(26-4)18(12-15)25-3/h5-12H,13H2,1-4H3/b10-7+. The van der Waals surface area contributed by atoms with Crippen molar-refractivity contribution in [3.8, 4) is 17.2 Å². The van der Waals surface area contributed by atoms with Crippen LogP contribution >= 0.6 is 15.9 Å². The lowest BCUT2D eigenvalue weighted by Gasteiger charge is -2.15. The highest BCUT2D eigenvalue weighted by Crippen LogP contribution is 2.38. The lowest BCUT2D eigenvalue weighted by atomic mass is 10.1. The van der Waals surface area contributed by atoms with Crippen LogP contribution in [0.25, 0.3) is 6.08 Å². The molecule has 138 valence electrons. The third-order valence-electron chi connectivity index (χ3n) is 3.81. The maximum Gasteiger partial charge on any atom is 0.246 e. The Bertz CT molecular complexity index is 762. The molecule has 1 amide bonds. The topological polar surface area (TPSA) is 48.0 Å². The van der Waals surface area contributed by atoms with Crippen LogP contribution in [0.4, 0.5) is 0 Å². The fourth-order valence-corrected chi connectivity index (χ4v) is 2.70. The van der Waals surface area contributed by atoms with Gasteiger partial charge in [0.1, 0.15) is 0 Å². The van der Waals surface area contributed by atoms with Gasteiger partial charge in [-0.2, -0.15) is 0 Å². The summed E-state index contributed by atoms with van der Waals surface area (Å²) in [6.07, 6.45) is 3.25. The first-order valence-corrected chi connectivity index (χ1v) is 8.75. The number of hydrogen-bond acceptors (Lipinski definition) is 4. The smallest absolute Gasteiger partial charge is 0.246 e. The van der Waals surface area contributed by atoms with E-state index in [1.807, 2.05) is 24.3 Å². The van der Waals surface area contributed by atoms with E-state index >= 15 is 0 Å². The molecule has 0 heterocycles. The van der Waals surface area contributed by atoms with Gasteiger partial charge in [-0.05, 0) is 41.5 Å². The molecule has 0 bridgehead atoms. The summed E-state index contributed by atoms with van der Waals surface area (Å²) in [4.78, 5) is 14.0. The number of halogens is 1. The Morgan fingerprint density at radius 2 is 1.62 bits per heavy atom. The Kier molecular flexibility index (Phi) is 7.09. The predicted molar refractivity (Wildman–Crippen MR) is 106 cm³/mol. The SMILES string of the molecule is COc1cc(/C=C/C(=O)N(C)Cc2ccc(Br)cc2)cc(OC)c1OC. The molecule has 0 unspecified atom stereocenters. The summed E-state index contributed by atoms with van der Waals surface area (Å²) in [5.74, 6) is 1.51. The van der Waals surface area contributed by atoms with E-state index < -0.39 is 0 Å². The molecule has 0 aliphatic rings. The molecule has 0 spiro atoms. The van der Waals surface area contributed by atoms with Crippen LogP contribution in [0.3, 0.4) is 0 Å². The number of hydrogen-bond donors (Lipinski definition) is 0. The first kappa shape index (κ1) is 19.8. The molecule has 0 N–H and O–H groups in total. The Labute approximate surface area is 162 Å². The zero-order valence-electron chi connectivity index (χ0n) is 15.3. The molecule has 5 nitrogen and oxygen atoms in total. The van der Waals surface area contributed by atoms with Crippen LogP contribution in [0.1, 0.15) is 11.1 Å². The van der Waals surface area contributed by atoms with Gasteiger partial charge in [-0.25, -0.2) is 0 Å². The molecule has 2 aromatic carbocycles. The van der Waals surface area contributed by atoms with Crippen molar-refractivity contribution in [1.82, 2.24) is 4.90 Å². The van der Waals surface area contributed by atoms with E-state index in [1.165, 1.54) is 6.08 Å². The van der Waals surface area contributed by atoms with Crippen molar-refractivity contribution in [2.75, 3.05) is 28.4 Å². The molecule has 0 aliphatic carbocycles. The molecule has 2 aromatic rings. The summed E-state index contributed by atoms with van der Waals surface area (Å²) < 4.78 is 17.0. The molecule has 0 aromatic heterocycles. The van der Waals surface area contributed by atoms with Gasteiger partial charge < -0.3 is 19.1 Å². The Hall–Kier alpha value is -2.47. The van der Waals surface area contributed by atoms with Crippen molar-refractivity contribution in [2.24, 2.45) is 0 Å². The second-order valence-corrected chi connectivity index (χ2v) is 6.53. The number of nitrogens with zero attached hydrogens (tertiary/aromatic N) is 1. The average molecular weight is 420 g/mol. The first-order valence-electron chi connectivity index (χ1n) is 7.96. The molecule has 6 heteroatoms. The molecule has 26 heavy (non-hydrogen) atoms. The van der Waals surface area contributed by atoms with E-state index in [0.29, 0.717) is 23.8 Å². The van der Waals surface area contributed by atoms with E-state index in [2.05, 4.69) is 15.9 Å². The van der Waals surface area contributed by atoms with Crippen LogP contribution in [-0.2, 0) is 11.3 Å². The zero-order chi connectivity index (χ0) is 19.1. The third kappa shape index (κ3) is 5.02. The van der Waals surface area contributed by atoms with Crippen LogP contribution in [0.2, 0.25) is 0 Å². The number of benzene rings is 2. The van der Waals surface area contributed by atoms with Gasteiger partial charge in [0.25, 0.3) is 0 Å². The highest BCUT2D eigenvalue weighted by atomic mass is 79.9. The second-order valence-electron chi connectivity index (χ2n) is 5.61. The summed E-state index contributed by atoms with van der Waals surface area (Å²) in [7, 11) is 6.43. The number of methoxy groups -OCH3 is 3. The monoisotopic (exact) mass is 419 g/mol. The van der Waals surface area contributed by atoms with Gasteiger partial charge in [0.2, 0.25) is 11.7 Å². The Morgan fingerprint density at radius 1 is 1.04 bits per heavy atom. The van der Waals surface area contributed by atoms with Crippen molar-refractivity contribution < 1.29 is 19.0 Å². The number of carbonyl (C=O) groups is 1. The molecule has 0 saturated carbocycles. The van der Waals surface area contributed by atoms with Crippen molar-refractivity contribution in [1.29, 1.82) is 0 Å². The fourth-order valence-electron chi connectivity index (χ4n) is 2.43. The van der Waals surface area contributed by atoms with Crippen molar-refractivity contribution in [3.63, 3.8) is 0 Å². The van der Waals surface area contributed by atoms with Crippen LogP contribution in [0.15, 0.2) is 46.9 Å². The lowest BCUT2D eigenvalue weighted by molar-refractivity contribution is -0.125. The van der Waals surface area contributed by atoms with Crippen molar-refractivity contribution >= 4 is 27.9 Å². The first-order chi connectivity index (χ1) is 12.5. The number of carbonyl (C=O) groups excluding carboxylic acids is 1. The highest BCUT2D eigenvalue weighted by molar-refractivity contribution is 9.10. The summed E-state index contributed by atoms with van der Waals surface area (Å²) in [5.41, 5.74) is 1.84. The minimum absolute atomic E-state index is 0.0957. The average Bonchev–Trinajstić information content (AvgIpc) is 2.66. The summed E-state index contributed by atoms with van der Waals surface area (Å²) in [6.45, 7) is 0.533. The predicted octanol–water partition coefficient (Wildman–Crippen LogP) is 4.15. The van der Waals surface area contributed by atoms with Gasteiger partial charge in [-0.3, -0.25) is 4.79 Å². The van der Waals surface area contributed by atoms with Crippen LogP contribution < -0.4 is 14.2 Å². The maximum atomic E-state index is 12.4. The third-order valence-corrected chi connectivity index (χ3v) is 4.34. The van der Waals surface area contributed by atoms with Crippen LogP contribution in [0, 0.1) is 0 Å². The summed E-state index contributed by atoms with van der Waals surface area (Å²) in [6, 6.07) is 11.5. The number of likely N-dealkylation sites (N-methyl/N-ethyl adjacent to an activating group) is 1. The van der Waals surface area contributed by atoms with Gasteiger partial charge in [0.05, 0.1) is 21.3 Å². The quantitative estimate of drug-likeness (QED) is 0.632. The van der Waals surface area contributed by atoms with E-state index in [-0.39, 0.29) is 5.91 Å². The molecule has 0 fully saturated rings. The molecule has 0 radical (unpaired) electrons. The number of amides is 1. The second kappa shape index (κ2) is 9.29. The lowest BCUT2D eigenvalue weighted by Crippen LogP contribution is -2.24. The largest absolute Gasteiger partial charge is 0.493 e. The molecule has 0 atom stereocenters. The van der Waals surface area contributed by atoms with E-state index in [4.69, 9.17) is 14.2 Å². The molecular formula is C20H22BrNO4.